The SMILES string of the molecule is CC(C)(C)CC(C)(C)Nc1cc2[nH]ccc2cn1. The number of aromatic nitrogens is 2. The van der Waals surface area contributed by atoms with Crippen molar-refractivity contribution >= 4 is 16.7 Å². The third-order valence-corrected chi connectivity index (χ3v) is 2.88. The number of nitrogens with zero attached hydrogens (tertiary/aromatic N) is 1. The van der Waals surface area contributed by atoms with Crippen molar-refractivity contribution in [3.05, 3.63) is 24.5 Å². The molecule has 0 atom stereocenters. The molecular weight excluding hydrogens is 222 g/mol. The number of rotatable bonds is 3. The van der Waals surface area contributed by atoms with Crippen molar-refractivity contribution in [3.63, 3.8) is 0 Å². The lowest BCUT2D eigenvalue weighted by molar-refractivity contribution is 0.302. The second-order valence-corrected chi connectivity index (χ2v) is 6.88. The third-order valence-electron chi connectivity index (χ3n) is 2.88. The lowest BCUT2D eigenvalue weighted by Gasteiger charge is -2.33. The fraction of sp³-hybridized carbons (Fsp3) is 0.533. The molecule has 3 heteroatoms. The Hall–Kier alpha value is -1.51. The predicted molar refractivity (Wildman–Crippen MR) is 77.9 cm³/mol. The lowest BCUT2D eigenvalue weighted by Crippen LogP contribution is -2.35. The summed E-state index contributed by atoms with van der Waals surface area (Å²) in [7, 11) is 0. The number of hydrogen-bond acceptors (Lipinski definition) is 2. The fourth-order valence-corrected chi connectivity index (χ4v) is 2.73. The Morgan fingerprint density at radius 2 is 1.94 bits per heavy atom. The molecule has 2 rings (SSSR count). The second-order valence-electron chi connectivity index (χ2n) is 6.88. The lowest BCUT2D eigenvalue weighted by atomic mass is 9.82. The monoisotopic (exact) mass is 245 g/mol. The molecule has 0 saturated heterocycles. The molecule has 0 fully saturated rings. The average Bonchev–Trinajstić information content (AvgIpc) is 2.59. The molecular formula is C15H23N3. The molecule has 0 aromatic carbocycles. The predicted octanol–water partition coefficient (Wildman–Crippen LogP) is 4.19. The number of pyridine rings is 1. The summed E-state index contributed by atoms with van der Waals surface area (Å²) in [5, 5.41) is 4.67. The van der Waals surface area contributed by atoms with E-state index in [1.807, 2.05) is 18.5 Å². The van der Waals surface area contributed by atoms with Crippen molar-refractivity contribution in [2.75, 3.05) is 5.32 Å². The van der Waals surface area contributed by atoms with E-state index in [1.54, 1.807) is 0 Å². The summed E-state index contributed by atoms with van der Waals surface area (Å²) in [6, 6.07) is 4.10. The van der Waals surface area contributed by atoms with Crippen LogP contribution in [0.15, 0.2) is 24.5 Å². The van der Waals surface area contributed by atoms with Gasteiger partial charge >= 0.3 is 0 Å². The zero-order valence-corrected chi connectivity index (χ0v) is 12.0. The maximum atomic E-state index is 4.46. The topological polar surface area (TPSA) is 40.7 Å². The molecule has 0 spiro atoms. The summed E-state index contributed by atoms with van der Waals surface area (Å²) in [6.07, 6.45) is 4.93. The minimum atomic E-state index is 0.0333. The van der Waals surface area contributed by atoms with E-state index in [0.717, 1.165) is 23.1 Å². The smallest absolute Gasteiger partial charge is 0.128 e. The Labute approximate surface area is 109 Å². The molecule has 0 saturated carbocycles. The Morgan fingerprint density at radius 1 is 1.22 bits per heavy atom. The van der Waals surface area contributed by atoms with Crippen molar-refractivity contribution in [1.29, 1.82) is 0 Å². The Morgan fingerprint density at radius 3 is 2.61 bits per heavy atom. The van der Waals surface area contributed by atoms with Gasteiger partial charge in [0, 0.05) is 29.4 Å². The van der Waals surface area contributed by atoms with Gasteiger partial charge in [-0.1, -0.05) is 20.8 Å². The van der Waals surface area contributed by atoms with Crippen molar-refractivity contribution in [1.82, 2.24) is 9.97 Å². The van der Waals surface area contributed by atoms with E-state index in [-0.39, 0.29) is 5.54 Å². The summed E-state index contributed by atoms with van der Waals surface area (Å²) >= 11 is 0. The number of hydrogen-bond donors (Lipinski definition) is 2. The molecule has 0 unspecified atom stereocenters. The number of H-pyrrole nitrogens is 1. The quantitative estimate of drug-likeness (QED) is 0.851. The van der Waals surface area contributed by atoms with Gasteiger partial charge in [0.05, 0.1) is 5.52 Å². The van der Waals surface area contributed by atoms with Crippen LogP contribution >= 0.6 is 0 Å². The van der Waals surface area contributed by atoms with Gasteiger partial charge in [0.1, 0.15) is 5.82 Å². The van der Waals surface area contributed by atoms with Crippen LogP contribution < -0.4 is 5.32 Å². The summed E-state index contributed by atoms with van der Waals surface area (Å²) in [4.78, 5) is 7.68. The van der Waals surface area contributed by atoms with Gasteiger partial charge in [-0.15, -0.1) is 0 Å². The van der Waals surface area contributed by atoms with Crippen LogP contribution in [0.2, 0.25) is 0 Å². The molecule has 0 bridgehead atoms. The summed E-state index contributed by atoms with van der Waals surface area (Å²) < 4.78 is 0. The first-order chi connectivity index (χ1) is 8.25. The molecule has 0 aliphatic carbocycles. The average molecular weight is 245 g/mol. The van der Waals surface area contributed by atoms with Gasteiger partial charge in [-0.25, -0.2) is 4.98 Å². The summed E-state index contributed by atoms with van der Waals surface area (Å²) in [6.45, 7) is 11.2. The van der Waals surface area contributed by atoms with Crippen LogP contribution in [0.5, 0.6) is 0 Å². The minimum absolute atomic E-state index is 0.0333. The van der Waals surface area contributed by atoms with Crippen molar-refractivity contribution < 1.29 is 0 Å². The van der Waals surface area contributed by atoms with Crippen LogP contribution in [0.3, 0.4) is 0 Å². The van der Waals surface area contributed by atoms with Gasteiger partial charge in [-0.05, 0) is 31.7 Å². The zero-order chi connectivity index (χ0) is 13.4. The number of nitrogens with one attached hydrogen (secondary N) is 2. The second kappa shape index (κ2) is 4.30. The summed E-state index contributed by atoms with van der Waals surface area (Å²) in [5.74, 6) is 0.930. The number of aromatic amines is 1. The molecule has 0 aliphatic rings. The van der Waals surface area contributed by atoms with Gasteiger partial charge in [-0.2, -0.15) is 0 Å². The molecule has 98 valence electrons. The van der Waals surface area contributed by atoms with Gasteiger partial charge in [0.25, 0.3) is 0 Å². The van der Waals surface area contributed by atoms with Crippen LogP contribution in [0.25, 0.3) is 10.9 Å². The minimum Gasteiger partial charge on any atom is -0.365 e. The maximum absolute atomic E-state index is 4.46. The normalized spacial score (nSPS) is 12.9. The van der Waals surface area contributed by atoms with Gasteiger partial charge in [0.2, 0.25) is 0 Å². The van der Waals surface area contributed by atoms with E-state index in [9.17, 15) is 0 Å². The molecule has 0 amide bonds. The van der Waals surface area contributed by atoms with Crippen LogP contribution in [0, 0.1) is 5.41 Å². The molecule has 0 aliphatic heterocycles. The van der Waals surface area contributed by atoms with Crippen LogP contribution in [0.4, 0.5) is 5.82 Å². The van der Waals surface area contributed by atoms with Gasteiger partial charge in [0.15, 0.2) is 0 Å². The molecule has 2 heterocycles. The molecule has 2 aromatic heterocycles. The zero-order valence-electron chi connectivity index (χ0n) is 12.0. The Bertz CT molecular complexity index is 532. The first-order valence-corrected chi connectivity index (χ1v) is 6.47. The van der Waals surface area contributed by atoms with E-state index in [2.05, 4.69) is 56.0 Å². The highest BCUT2D eigenvalue weighted by molar-refractivity contribution is 5.80. The molecule has 3 nitrogen and oxygen atoms in total. The van der Waals surface area contributed by atoms with Crippen molar-refractivity contribution in [2.24, 2.45) is 5.41 Å². The first-order valence-electron chi connectivity index (χ1n) is 6.47. The van der Waals surface area contributed by atoms with Crippen molar-refractivity contribution in [2.45, 2.75) is 46.6 Å². The van der Waals surface area contributed by atoms with Crippen LogP contribution in [-0.4, -0.2) is 15.5 Å². The van der Waals surface area contributed by atoms with E-state index in [4.69, 9.17) is 0 Å². The van der Waals surface area contributed by atoms with Crippen LogP contribution in [0.1, 0.15) is 41.0 Å². The Kier molecular flexibility index (Phi) is 3.09. The van der Waals surface area contributed by atoms with E-state index < -0.39 is 0 Å². The molecule has 18 heavy (non-hydrogen) atoms. The van der Waals surface area contributed by atoms with E-state index >= 15 is 0 Å². The largest absolute Gasteiger partial charge is 0.365 e. The third kappa shape index (κ3) is 3.25. The van der Waals surface area contributed by atoms with Crippen LogP contribution in [-0.2, 0) is 0 Å². The highest BCUT2D eigenvalue weighted by Crippen LogP contribution is 2.29. The first kappa shape index (κ1) is 12.9. The van der Waals surface area contributed by atoms with E-state index in [1.165, 1.54) is 0 Å². The van der Waals surface area contributed by atoms with Gasteiger partial charge in [-0.3, -0.25) is 0 Å². The molecule has 2 N–H and O–H groups in total. The van der Waals surface area contributed by atoms with Crippen molar-refractivity contribution in [3.8, 4) is 0 Å². The highest BCUT2D eigenvalue weighted by atomic mass is 15.0. The Balaban J connectivity index is 2.17. The number of anilines is 1. The number of fused-ring (bicyclic) bond motifs is 1. The molecule has 2 aromatic rings. The van der Waals surface area contributed by atoms with E-state index in [0.29, 0.717) is 5.41 Å². The maximum Gasteiger partial charge on any atom is 0.128 e. The standard InChI is InChI=1S/C15H23N3/c1-14(2,3)10-15(4,5)18-13-8-12-11(9-17-13)6-7-16-12/h6-9,16H,10H2,1-5H3,(H,17,18). The summed E-state index contributed by atoms with van der Waals surface area (Å²) in [5.41, 5.74) is 1.46. The fourth-order valence-electron chi connectivity index (χ4n) is 2.73. The highest BCUT2D eigenvalue weighted by Gasteiger charge is 2.25. The van der Waals surface area contributed by atoms with Gasteiger partial charge < -0.3 is 10.3 Å². The molecule has 0 radical (unpaired) electrons.